The Balaban J connectivity index is 3.00. The highest BCUT2D eigenvalue weighted by Crippen LogP contribution is 2.26. The van der Waals surface area contributed by atoms with Gasteiger partial charge in [0.2, 0.25) is 0 Å². The van der Waals surface area contributed by atoms with Crippen LogP contribution < -0.4 is 4.74 Å². The number of rotatable bonds is 7. The molecule has 1 atom stereocenters. The van der Waals surface area contributed by atoms with E-state index in [2.05, 4.69) is 15.9 Å². The summed E-state index contributed by atoms with van der Waals surface area (Å²) in [4.78, 5) is 22.4. The molecule has 0 spiro atoms. The van der Waals surface area contributed by atoms with E-state index in [0.717, 1.165) is 10.5 Å². The number of hydrogen-bond donors (Lipinski definition) is 1. The Kier molecular flexibility index (Phi) is 6.94. The largest absolute Gasteiger partial charge is 0.478 e. The lowest BCUT2D eigenvalue weighted by Crippen LogP contribution is -2.28. The molecule has 1 N–H and O–H groups in total. The summed E-state index contributed by atoms with van der Waals surface area (Å²) in [6, 6.07) is 5.14. The van der Waals surface area contributed by atoms with Gasteiger partial charge in [-0.2, -0.15) is 0 Å². The molecule has 0 fully saturated rings. The Morgan fingerprint density at radius 2 is 2.10 bits per heavy atom. The molecule has 0 aliphatic heterocycles. The molecule has 0 aliphatic rings. The Morgan fingerprint density at radius 3 is 2.67 bits per heavy atom. The monoisotopic (exact) mass is 356 g/mol. The Morgan fingerprint density at radius 1 is 1.38 bits per heavy atom. The number of aliphatic carboxylic acids is 1. The number of ether oxygens (including phenoxy) is 2. The number of esters is 1. The van der Waals surface area contributed by atoms with Gasteiger partial charge in [0.05, 0.1) is 6.61 Å². The molecule has 6 heteroatoms. The van der Waals surface area contributed by atoms with E-state index < -0.39 is 18.0 Å². The van der Waals surface area contributed by atoms with Crippen LogP contribution in [0.15, 0.2) is 28.7 Å². The SMILES string of the molecule is CCOC(=O)C(CC)Oc1ccc(Br)cc1C=CC(=O)O. The van der Waals surface area contributed by atoms with Gasteiger partial charge in [0.1, 0.15) is 5.75 Å². The second-order valence-electron chi connectivity index (χ2n) is 4.12. The molecular weight excluding hydrogens is 340 g/mol. The van der Waals surface area contributed by atoms with Crippen LogP contribution in [0.2, 0.25) is 0 Å². The van der Waals surface area contributed by atoms with Crippen molar-refractivity contribution in [3.8, 4) is 5.75 Å². The number of hydrogen-bond acceptors (Lipinski definition) is 4. The molecule has 0 aliphatic carbocycles. The van der Waals surface area contributed by atoms with E-state index in [4.69, 9.17) is 14.6 Å². The molecule has 0 amide bonds. The number of carboxylic acids is 1. The van der Waals surface area contributed by atoms with Crippen molar-refractivity contribution in [3.63, 3.8) is 0 Å². The molecule has 0 saturated carbocycles. The predicted molar refractivity (Wildman–Crippen MR) is 82.2 cm³/mol. The predicted octanol–water partition coefficient (Wildman–Crippen LogP) is 3.27. The van der Waals surface area contributed by atoms with Crippen LogP contribution in [0, 0.1) is 0 Å². The fourth-order valence-electron chi connectivity index (χ4n) is 1.60. The van der Waals surface area contributed by atoms with Crippen LogP contribution in [0.5, 0.6) is 5.75 Å². The number of carboxylic acid groups (broad SMARTS) is 1. The lowest BCUT2D eigenvalue weighted by atomic mass is 10.1. The standard InChI is InChI=1S/C15H17BrO5/c1-3-12(15(19)20-4-2)21-13-7-6-11(16)9-10(13)5-8-14(17)18/h5-9,12H,3-4H2,1-2H3,(H,17,18). The van der Waals surface area contributed by atoms with Crippen molar-refractivity contribution in [1.82, 2.24) is 0 Å². The lowest BCUT2D eigenvalue weighted by Gasteiger charge is -2.17. The van der Waals surface area contributed by atoms with E-state index in [9.17, 15) is 9.59 Å². The molecule has 21 heavy (non-hydrogen) atoms. The molecule has 0 bridgehead atoms. The minimum atomic E-state index is -1.06. The molecule has 114 valence electrons. The maximum absolute atomic E-state index is 11.8. The van der Waals surface area contributed by atoms with Crippen LogP contribution in [-0.2, 0) is 14.3 Å². The normalized spacial score (nSPS) is 12.1. The molecule has 1 rings (SSSR count). The van der Waals surface area contributed by atoms with Crippen LogP contribution in [0.25, 0.3) is 6.08 Å². The van der Waals surface area contributed by atoms with Crippen molar-refractivity contribution >= 4 is 33.9 Å². The quantitative estimate of drug-likeness (QED) is 0.599. The van der Waals surface area contributed by atoms with E-state index in [0.29, 0.717) is 17.7 Å². The van der Waals surface area contributed by atoms with Crippen molar-refractivity contribution in [2.24, 2.45) is 0 Å². The summed E-state index contributed by atoms with van der Waals surface area (Å²) in [7, 11) is 0. The van der Waals surface area contributed by atoms with Gasteiger partial charge >= 0.3 is 11.9 Å². The molecular formula is C15H17BrO5. The van der Waals surface area contributed by atoms with E-state index in [1.165, 1.54) is 6.08 Å². The molecule has 0 radical (unpaired) electrons. The third-order valence-electron chi connectivity index (χ3n) is 2.57. The van der Waals surface area contributed by atoms with Gasteiger partial charge in [0.15, 0.2) is 6.10 Å². The molecule has 0 saturated heterocycles. The van der Waals surface area contributed by atoms with Gasteiger partial charge in [-0.15, -0.1) is 0 Å². The van der Waals surface area contributed by atoms with E-state index >= 15 is 0 Å². The van der Waals surface area contributed by atoms with E-state index in [1.807, 2.05) is 6.92 Å². The molecule has 1 aromatic rings. The fourth-order valence-corrected chi connectivity index (χ4v) is 1.98. The summed E-state index contributed by atoms with van der Waals surface area (Å²) in [6.07, 6.45) is 2.17. The number of benzene rings is 1. The summed E-state index contributed by atoms with van der Waals surface area (Å²) >= 11 is 3.31. The number of carbonyl (C=O) groups is 2. The maximum atomic E-state index is 11.8. The first-order chi connectivity index (χ1) is 9.97. The second kappa shape index (κ2) is 8.46. The van der Waals surface area contributed by atoms with Gasteiger partial charge in [-0.3, -0.25) is 0 Å². The highest BCUT2D eigenvalue weighted by molar-refractivity contribution is 9.10. The maximum Gasteiger partial charge on any atom is 0.347 e. The fraction of sp³-hybridized carbons (Fsp3) is 0.333. The third-order valence-corrected chi connectivity index (χ3v) is 3.06. The topological polar surface area (TPSA) is 72.8 Å². The Bertz CT molecular complexity index is 539. The Hall–Kier alpha value is -1.82. The summed E-state index contributed by atoms with van der Waals surface area (Å²) in [6.45, 7) is 3.82. The number of carbonyl (C=O) groups excluding carboxylic acids is 1. The van der Waals surface area contributed by atoms with E-state index in [1.54, 1.807) is 25.1 Å². The zero-order chi connectivity index (χ0) is 15.8. The first kappa shape index (κ1) is 17.2. The summed E-state index contributed by atoms with van der Waals surface area (Å²) in [5.41, 5.74) is 0.564. The van der Waals surface area contributed by atoms with Crippen LogP contribution in [0.1, 0.15) is 25.8 Å². The van der Waals surface area contributed by atoms with Gasteiger partial charge in [0, 0.05) is 16.1 Å². The highest BCUT2D eigenvalue weighted by atomic mass is 79.9. The summed E-state index contributed by atoms with van der Waals surface area (Å²) in [5.74, 6) is -1.06. The highest BCUT2D eigenvalue weighted by Gasteiger charge is 2.20. The van der Waals surface area contributed by atoms with Gasteiger partial charge in [-0.25, -0.2) is 9.59 Å². The van der Waals surface area contributed by atoms with Gasteiger partial charge in [-0.05, 0) is 37.6 Å². The Labute approximate surface area is 131 Å². The van der Waals surface area contributed by atoms with Crippen LogP contribution in [-0.4, -0.2) is 29.8 Å². The summed E-state index contributed by atoms with van der Waals surface area (Å²) in [5, 5.41) is 8.71. The molecule has 0 heterocycles. The zero-order valence-electron chi connectivity index (χ0n) is 11.8. The smallest absolute Gasteiger partial charge is 0.347 e. The first-order valence-corrected chi connectivity index (χ1v) is 7.31. The van der Waals surface area contributed by atoms with Crippen molar-refractivity contribution < 1.29 is 24.2 Å². The molecule has 1 aromatic carbocycles. The van der Waals surface area contributed by atoms with Crippen molar-refractivity contribution in [2.45, 2.75) is 26.4 Å². The number of halogens is 1. The van der Waals surface area contributed by atoms with Crippen LogP contribution in [0.3, 0.4) is 0 Å². The van der Waals surface area contributed by atoms with Crippen molar-refractivity contribution in [3.05, 3.63) is 34.3 Å². The van der Waals surface area contributed by atoms with Crippen LogP contribution in [0.4, 0.5) is 0 Å². The van der Waals surface area contributed by atoms with Gasteiger partial charge in [-0.1, -0.05) is 22.9 Å². The minimum Gasteiger partial charge on any atom is -0.478 e. The third kappa shape index (κ3) is 5.59. The van der Waals surface area contributed by atoms with Gasteiger partial charge in [0.25, 0.3) is 0 Å². The van der Waals surface area contributed by atoms with Crippen LogP contribution >= 0.6 is 15.9 Å². The summed E-state index contributed by atoms with van der Waals surface area (Å²) < 4.78 is 11.4. The van der Waals surface area contributed by atoms with Crippen molar-refractivity contribution in [2.75, 3.05) is 6.61 Å². The first-order valence-electron chi connectivity index (χ1n) is 6.51. The average Bonchev–Trinajstić information content (AvgIpc) is 2.44. The van der Waals surface area contributed by atoms with Crippen molar-refractivity contribution in [1.29, 1.82) is 0 Å². The molecule has 5 nitrogen and oxygen atoms in total. The van der Waals surface area contributed by atoms with Gasteiger partial charge < -0.3 is 14.6 Å². The molecule has 0 aromatic heterocycles. The molecule has 1 unspecified atom stereocenters. The lowest BCUT2D eigenvalue weighted by molar-refractivity contribution is -0.151. The minimum absolute atomic E-state index is 0.283. The zero-order valence-corrected chi connectivity index (χ0v) is 13.4. The van der Waals surface area contributed by atoms with E-state index in [-0.39, 0.29) is 6.61 Å². The average molecular weight is 357 g/mol. The second-order valence-corrected chi connectivity index (χ2v) is 5.04.